The lowest BCUT2D eigenvalue weighted by molar-refractivity contribution is 0.463. The average molecular weight is 256 g/mol. The van der Waals surface area contributed by atoms with Crippen molar-refractivity contribution in [3.63, 3.8) is 0 Å². The van der Waals surface area contributed by atoms with E-state index in [1.807, 2.05) is 50.2 Å². The zero-order valence-electron chi connectivity index (χ0n) is 11.7. The lowest BCUT2D eigenvalue weighted by Crippen LogP contribution is -2.07. The Morgan fingerprint density at radius 2 is 1.89 bits per heavy atom. The summed E-state index contributed by atoms with van der Waals surface area (Å²) in [6.07, 6.45) is 0.845. The van der Waals surface area contributed by atoms with E-state index in [0.29, 0.717) is 0 Å². The first-order chi connectivity index (χ1) is 9.11. The van der Waals surface area contributed by atoms with Gasteiger partial charge in [-0.25, -0.2) is 0 Å². The Morgan fingerprint density at radius 1 is 1.16 bits per heavy atom. The summed E-state index contributed by atoms with van der Waals surface area (Å²) >= 11 is 0. The molecule has 1 unspecified atom stereocenters. The van der Waals surface area contributed by atoms with Crippen molar-refractivity contribution in [2.75, 3.05) is 0 Å². The molecule has 0 aliphatic carbocycles. The number of nitrogens with two attached hydrogens (primary N) is 1. The summed E-state index contributed by atoms with van der Waals surface area (Å²) in [5, 5.41) is 0. The van der Waals surface area contributed by atoms with Gasteiger partial charge in [0, 0.05) is 17.3 Å². The Kier molecular flexibility index (Phi) is 4.17. The minimum absolute atomic E-state index is 0.0558. The number of benzene rings is 1. The predicted octanol–water partition coefficient (Wildman–Crippen LogP) is 3.76. The van der Waals surface area contributed by atoms with E-state index >= 15 is 0 Å². The number of ether oxygens (including phenoxy) is 1. The van der Waals surface area contributed by atoms with Gasteiger partial charge in [0.15, 0.2) is 0 Å². The first kappa shape index (κ1) is 13.6. The molecule has 0 saturated carbocycles. The van der Waals surface area contributed by atoms with E-state index in [-0.39, 0.29) is 6.04 Å². The number of rotatable bonds is 4. The highest BCUT2D eigenvalue weighted by Gasteiger charge is 2.10. The smallest absolute Gasteiger partial charge is 0.148 e. The fourth-order valence-corrected chi connectivity index (χ4v) is 2.01. The SMILES string of the molecule is CCc1nc(C)ccc1Oc1ccccc1C(C)N. The second-order valence-corrected chi connectivity index (χ2v) is 4.68. The molecule has 0 radical (unpaired) electrons. The number of aryl methyl sites for hydroxylation is 2. The van der Waals surface area contributed by atoms with Crippen LogP contribution in [0.4, 0.5) is 0 Å². The number of para-hydroxylation sites is 1. The van der Waals surface area contributed by atoms with Gasteiger partial charge in [0.1, 0.15) is 11.5 Å². The van der Waals surface area contributed by atoms with Crippen LogP contribution < -0.4 is 10.5 Å². The van der Waals surface area contributed by atoms with Gasteiger partial charge in [0.05, 0.1) is 5.69 Å². The quantitative estimate of drug-likeness (QED) is 0.906. The summed E-state index contributed by atoms with van der Waals surface area (Å²) in [6, 6.07) is 11.7. The molecular formula is C16H20N2O. The molecule has 100 valence electrons. The van der Waals surface area contributed by atoms with E-state index in [1.165, 1.54) is 0 Å². The van der Waals surface area contributed by atoms with Crippen LogP contribution in [0.15, 0.2) is 36.4 Å². The summed E-state index contributed by atoms with van der Waals surface area (Å²) in [7, 11) is 0. The van der Waals surface area contributed by atoms with Crippen LogP contribution >= 0.6 is 0 Å². The van der Waals surface area contributed by atoms with Gasteiger partial charge < -0.3 is 10.5 Å². The maximum absolute atomic E-state index is 6.01. The molecule has 3 heteroatoms. The zero-order chi connectivity index (χ0) is 13.8. The predicted molar refractivity (Wildman–Crippen MR) is 77.5 cm³/mol. The second-order valence-electron chi connectivity index (χ2n) is 4.68. The van der Waals surface area contributed by atoms with Gasteiger partial charge in [0.25, 0.3) is 0 Å². The van der Waals surface area contributed by atoms with E-state index in [1.54, 1.807) is 0 Å². The highest BCUT2D eigenvalue weighted by molar-refractivity contribution is 5.41. The summed E-state index contributed by atoms with van der Waals surface area (Å²) < 4.78 is 6.01. The van der Waals surface area contributed by atoms with Crippen LogP contribution in [-0.4, -0.2) is 4.98 Å². The van der Waals surface area contributed by atoms with Crippen molar-refractivity contribution in [1.82, 2.24) is 4.98 Å². The van der Waals surface area contributed by atoms with Crippen molar-refractivity contribution >= 4 is 0 Å². The van der Waals surface area contributed by atoms with E-state index < -0.39 is 0 Å². The fourth-order valence-electron chi connectivity index (χ4n) is 2.01. The minimum atomic E-state index is -0.0558. The first-order valence-corrected chi connectivity index (χ1v) is 6.60. The molecule has 0 amide bonds. The van der Waals surface area contributed by atoms with Crippen LogP contribution in [0.5, 0.6) is 11.5 Å². The van der Waals surface area contributed by atoms with Crippen LogP contribution in [0.25, 0.3) is 0 Å². The summed E-state index contributed by atoms with van der Waals surface area (Å²) in [5.41, 5.74) is 8.95. The van der Waals surface area contributed by atoms with Crippen LogP contribution in [0.3, 0.4) is 0 Å². The van der Waals surface area contributed by atoms with Crippen molar-refractivity contribution in [3.8, 4) is 11.5 Å². The average Bonchev–Trinajstić information content (AvgIpc) is 2.41. The molecule has 0 spiro atoms. The number of hydrogen-bond donors (Lipinski definition) is 1. The van der Waals surface area contributed by atoms with Gasteiger partial charge in [-0.15, -0.1) is 0 Å². The normalized spacial score (nSPS) is 12.2. The second kappa shape index (κ2) is 5.85. The van der Waals surface area contributed by atoms with Crippen molar-refractivity contribution < 1.29 is 4.74 Å². The van der Waals surface area contributed by atoms with Gasteiger partial charge in [-0.2, -0.15) is 0 Å². The summed E-state index contributed by atoms with van der Waals surface area (Å²) in [6.45, 7) is 6.02. The maximum Gasteiger partial charge on any atom is 0.148 e. The number of nitrogens with zero attached hydrogens (tertiary/aromatic N) is 1. The Hall–Kier alpha value is -1.87. The molecular weight excluding hydrogens is 236 g/mol. The molecule has 0 aliphatic rings. The van der Waals surface area contributed by atoms with Gasteiger partial charge in [-0.1, -0.05) is 25.1 Å². The lowest BCUT2D eigenvalue weighted by atomic mass is 10.1. The first-order valence-electron chi connectivity index (χ1n) is 6.60. The fraction of sp³-hybridized carbons (Fsp3) is 0.312. The Bertz CT molecular complexity index is 564. The van der Waals surface area contributed by atoms with Gasteiger partial charge in [0.2, 0.25) is 0 Å². The molecule has 19 heavy (non-hydrogen) atoms. The molecule has 1 aromatic carbocycles. The van der Waals surface area contributed by atoms with E-state index in [4.69, 9.17) is 10.5 Å². The van der Waals surface area contributed by atoms with Gasteiger partial charge in [-0.05, 0) is 38.5 Å². The zero-order valence-corrected chi connectivity index (χ0v) is 11.7. The molecule has 3 nitrogen and oxygen atoms in total. The van der Waals surface area contributed by atoms with Crippen LogP contribution in [0, 0.1) is 6.92 Å². The standard InChI is InChI=1S/C16H20N2O/c1-4-14-16(10-9-11(2)18-14)19-15-8-6-5-7-13(15)12(3)17/h5-10,12H,4,17H2,1-3H3. The van der Waals surface area contributed by atoms with Gasteiger partial charge >= 0.3 is 0 Å². The monoisotopic (exact) mass is 256 g/mol. The molecule has 0 saturated heterocycles. The van der Waals surface area contributed by atoms with E-state index in [9.17, 15) is 0 Å². The summed E-state index contributed by atoms with van der Waals surface area (Å²) in [4.78, 5) is 4.51. The molecule has 1 aromatic heterocycles. The molecule has 1 atom stereocenters. The molecule has 0 bridgehead atoms. The van der Waals surface area contributed by atoms with Crippen LogP contribution in [0.2, 0.25) is 0 Å². The van der Waals surface area contributed by atoms with Crippen LogP contribution in [0.1, 0.15) is 36.8 Å². The number of pyridine rings is 1. The number of hydrogen-bond acceptors (Lipinski definition) is 3. The van der Waals surface area contributed by atoms with Crippen LogP contribution in [-0.2, 0) is 6.42 Å². The molecule has 2 aromatic rings. The Labute approximate surface area is 114 Å². The third-order valence-electron chi connectivity index (χ3n) is 3.04. The minimum Gasteiger partial charge on any atom is -0.455 e. The third kappa shape index (κ3) is 3.12. The topological polar surface area (TPSA) is 48.1 Å². The van der Waals surface area contributed by atoms with E-state index in [0.717, 1.165) is 34.9 Å². The summed E-state index contributed by atoms with van der Waals surface area (Å²) in [5.74, 6) is 1.61. The number of aromatic nitrogens is 1. The van der Waals surface area contributed by atoms with Gasteiger partial charge in [-0.3, -0.25) is 4.98 Å². The third-order valence-corrected chi connectivity index (χ3v) is 3.04. The largest absolute Gasteiger partial charge is 0.455 e. The molecule has 0 fully saturated rings. The maximum atomic E-state index is 6.01. The Balaban J connectivity index is 2.36. The molecule has 0 aliphatic heterocycles. The Morgan fingerprint density at radius 3 is 2.58 bits per heavy atom. The highest BCUT2D eigenvalue weighted by Crippen LogP contribution is 2.30. The molecule has 2 N–H and O–H groups in total. The molecule has 2 rings (SSSR count). The highest BCUT2D eigenvalue weighted by atomic mass is 16.5. The van der Waals surface area contributed by atoms with Crippen molar-refractivity contribution in [2.24, 2.45) is 5.73 Å². The van der Waals surface area contributed by atoms with Crippen molar-refractivity contribution in [1.29, 1.82) is 0 Å². The lowest BCUT2D eigenvalue weighted by Gasteiger charge is -2.15. The van der Waals surface area contributed by atoms with Crippen molar-refractivity contribution in [3.05, 3.63) is 53.3 Å². The molecule has 1 heterocycles. The van der Waals surface area contributed by atoms with E-state index in [2.05, 4.69) is 11.9 Å². The van der Waals surface area contributed by atoms with Crippen molar-refractivity contribution in [2.45, 2.75) is 33.2 Å².